The fourth-order valence-electron chi connectivity index (χ4n) is 2.73. The number of carbonyl (C=O) groups excluding carboxylic acids is 1. The smallest absolute Gasteiger partial charge is 0.255 e. The van der Waals surface area contributed by atoms with E-state index < -0.39 is 0 Å². The highest BCUT2D eigenvalue weighted by molar-refractivity contribution is 7.99. The molecule has 0 saturated heterocycles. The summed E-state index contributed by atoms with van der Waals surface area (Å²) in [6.07, 6.45) is 3.32. The van der Waals surface area contributed by atoms with E-state index in [2.05, 4.69) is 15.3 Å². The van der Waals surface area contributed by atoms with Gasteiger partial charge in [0.1, 0.15) is 11.8 Å². The van der Waals surface area contributed by atoms with E-state index in [0.717, 1.165) is 27.1 Å². The third kappa shape index (κ3) is 3.14. The molecule has 1 aliphatic rings. The number of ether oxygens (including phenoxy) is 1. The highest BCUT2D eigenvalue weighted by Gasteiger charge is 2.26. The maximum Gasteiger partial charge on any atom is 0.255 e. The second-order valence-corrected chi connectivity index (χ2v) is 6.67. The van der Waals surface area contributed by atoms with Gasteiger partial charge in [-0.3, -0.25) is 9.69 Å². The van der Waals surface area contributed by atoms with Gasteiger partial charge >= 0.3 is 0 Å². The lowest BCUT2D eigenvalue weighted by Crippen LogP contribution is -2.25. The fourth-order valence-corrected chi connectivity index (χ4v) is 3.72. The van der Waals surface area contributed by atoms with Gasteiger partial charge in [-0.1, -0.05) is 30.0 Å². The minimum Gasteiger partial charge on any atom is -0.364 e. The molecule has 26 heavy (non-hydrogen) atoms. The van der Waals surface area contributed by atoms with Gasteiger partial charge in [-0.25, -0.2) is 9.97 Å². The van der Waals surface area contributed by atoms with E-state index in [9.17, 15) is 4.79 Å². The number of fused-ring (bicyclic) bond motifs is 2. The molecule has 2 heterocycles. The van der Waals surface area contributed by atoms with Gasteiger partial charge in [0.05, 0.1) is 5.69 Å². The van der Waals surface area contributed by atoms with Crippen LogP contribution in [0.25, 0.3) is 0 Å². The minimum atomic E-state index is -0.161. The van der Waals surface area contributed by atoms with Crippen LogP contribution in [0.4, 0.5) is 17.2 Å². The van der Waals surface area contributed by atoms with Gasteiger partial charge in [-0.2, -0.15) is 0 Å². The van der Waals surface area contributed by atoms with E-state index in [-0.39, 0.29) is 5.91 Å². The number of methoxy groups -OCH3 is 1. The molecule has 0 aliphatic carbocycles. The Balaban J connectivity index is 1.68. The Hall–Kier alpha value is -2.90. The van der Waals surface area contributed by atoms with Gasteiger partial charge in [-0.15, -0.1) is 0 Å². The van der Waals surface area contributed by atoms with Gasteiger partial charge in [0.25, 0.3) is 5.91 Å². The molecular formula is C19H16N4O2S. The van der Waals surface area contributed by atoms with Crippen LogP contribution in [0.5, 0.6) is 0 Å². The maximum atomic E-state index is 12.6. The zero-order valence-corrected chi connectivity index (χ0v) is 14.9. The molecule has 0 atom stereocenters. The summed E-state index contributed by atoms with van der Waals surface area (Å²) in [6.45, 7) is 0.322. The SMILES string of the molecule is COCN1c2cc(C(=O)Nc3ccccc3)ccc2Sc2nccnc21. The average Bonchev–Trinajstić information content (AvgIpc) is 2.68. The first-order valence-electron chi connectivity index (χ1n) is 8.02. The normalized spacial score (nSPS) is 12.3. The number of hydrogen-bond acceptors (Lipinski definition) is 6. The third-order valence-electron chi connectivity index (χ3n) is 3.91. The molecule has 4 rings (SSSR count). The summed E-state index contributed by atoms with van der Waals surface area (Å²) in [5.74, 6) is 0.568. The number of hydrogen-bond donors (Lipinski definition) is 1. The number of aromatic nitrogens is 2. The number of nitrogens with one attached hydrogen (secondary N) is 1. The van der Waals surface area contributed by atoms with Crippen molar-refractivity contribution in [3.63, 3.8) is 0 Å². The maximum absolute atomic E-state index is 12.6. The standard InChI is InChI=1S/C19H16N4O2S/c1-25-12-23-15-11-13(18(24)22-14-5-3-2-4-6-14)7-8-16(15)26-19-17(23)20-9-10-21-19/h2-11H,12H2,1H3,(H,22,24). The molecule has 0 radical (unpaired) electrons. The van der Waals surface area contributed by atoms with Crippen molar-refractivity contribution in [1.82, 2.24) is 9.97 Å². The number of carbonyl (C=O) groups is 1. The highest BCUT2D eigenvalue weighted by Crippen LogP contribution is 2.46. The van der Waals surface area contributed by atoms with Crippen LogP contribution in [0.3, 0.4) is 0 Å². The summed E-state index contributed by atoms with van der Waals surface area (Å²) in [5, 5.41) is 3.73. The van der Waals surface area contributed by atoms with Gasteiger partial charge in [0.2, 0.25) is 0 Å². The molecule has 130 valence electrons. The molecule has 3 aromatic rings. The minimum absolute atomic E-state index is 0.161. The van der Waals surface area contributed by atoms with Crippen LogP contribution in [-0.2, 0) is 4.74 Å². The molecule has 7 heteroatoms. The lowest BCUT2D eigenvalue weighted by Gasteiger charge is -2.30. The fraction of sp³-hybridized carbons (Fsp3) is 0.105. The Kier molecular flexibility index (Phi) is 4.55. The van der Waals surface area contributed by atoms with Crippen LogP contribution < -0.4 is 10.2 Å². The highest BCUT2D eigenvalue weighted by atomic mass is 32.2. The topological polar surface area (TPSA) is 67.3 Å². The van der Waals surface area contributed by atoms with Crippen molar-refractivity contribution >= 4 is 34.9 Å². The van der Waals surface area contributed by atoms with Crippen LogP contribution in [0, 0.1) is 0 Å². The lowest BCUT2D eigenvalue weighted by molar-refractivity contribution is 0.102. The van der Waals surface area contributed by atoms with Crippen LogP contribution in [0.15, 0.2) is 70.8 Å². The van der Waals surface area contributed by atoms with E-state index in [1.54, 1.807) is 19.5 Å². The Morgan fingerprint density at radius 1 is 1.15 bits per heavy atom. The Morgan fingerprint density at radius 3 is 2.77 bits per heavy atom. The largest absolute Gasteiger partial charge is 0.364 e. The summed E-state index contributed by atoms with van der Waals surface area (Å²) in [6, 6.07) is 15.0. The summed E-state index contributed by atoms with van der Waals surface area (Å²) in [4.78, 5) is 24.4. The van der Waals surface area contributed by atoms with Crippen LogP contribution in [0.2, 0.25) is 0 Å². The summed E-state index contributed by atoms with van der Waals surface area (Å²) in [5.41, 5.74) is 2.21. The number of para-hydroxylation sites is 1. The molecule has 2 aromatic carbocycles. The number of benzene rings is 2. The molecule has 0 unspecified atom stereocenters. The van der Waals surface area contributed by atoms with Crippen LogP contribution in [0.1, 0.15) is 10.4 Å². The van der Waals surface area contributed by atoms with Crippen molar-refractivity contribution in [2.45, 2.75) is 9.92 Å². The van der Waals surface area contributed by atoms with Crippen LogP contribution >= 0.6 is 11.8 Å². The zero-order chi connectivity index (χ0) is 17.9. The molecule has 0 bridgehead atoms. The van der Waals surface area contributed by atoms with Crippen molar-refractivity contribution in [3.8, 4) is 0 Å². The monoisotopic (exact) mass is 364 g/mol. The van der Waals surface area contributed by atoms with Crippen molar-refractivity contribution < 1.29 is 9.53 Å². The molecule has 0 fully saturated rings. The summed E-state index contributed by atoms with van der Waals surface area (Å²) in [7, 11) is 1.63. The summed E-state index contributed by atoms with van der Waals surface area (Å²) >= 11 is 1.53. The van der Waals surface area contributed by atoms with Crippen molar-refractivity contribution in [2.24, 2.45) is 0 Å². The van der Waals surface area contributed by atoms with Crippen molar-refractivity contribution in [3.05, 3.63) is 66.5 Å². The predicted molar refractivity (Wildman–Crippen MR) is 101 cm³/mol. The first-order valence-corrected chi connectivity index (χ1v) is 8.83. The predicted octanol–water partition coefficient (Wildman–Crippen LogP) is 3.94. The van der Waals surface area contributed by atoms with E-state index in [1.165, 1.54) is 11.8 Å². The summed E-state index contributed by atoms with van der Waals surface area (Å²) < 4.78 is 5.34. The van der Waals surface area contributed by atoms with E-state index in [0.29, 0.717) is 12.3 Å². The molecular weight excluding hydrogens is 348 g/mol. The molecule has 1 N–H and O–H groups in total. The van der Waals surface area contributed by atoms with Gasteiger partial charge < -0.3 is 10.1 Å². The molecule has 6 nitrogen and oxygen atoms in total. The van der Waals surface area contributed by atoms with Crippen LogP contribution in [-0.4, -0.2) is 29.7 Å². The van der Waals surface area contributed by atoms with Crippen molar-refractivity contribution in [2.75, 3.05) is 24.1 Å². The molecule has 1 amide bonds. The Morgan fingerprint density at radius 2 is 1.96 bits per heavy atom. The number of rotatable bonds is 4. The zero-order valence-electron chi connectivity index (χ0n) is 14.0. The first kappa shape index (κ1) is 16.6. The first-order chi connectivity index (χ1) is 12.8. The number of nitrogens with zero attached hydrogens (tertiary/aromatic N) is 3. The molecule has 0 spiro atoms. The third-order valence-corrected chi connectivity index (χ3v) is 4.96. The molecule has 1 aromatic heterocycles. The van der Waals surface area contributed by atoms with Crippen molar-refractivity contribution in [1.29, 1.82) is 0 Å². The number of amides is 1. The second-order valence-electron chi connectivity index (χ2n) is 5.64. The number of anilines is 3. The van der Waals surface area contributed by atoms with Gasteiger partial charge in [0, 0.05) is 35.6 Å². The molecule has 1 aliphatic heterocycles. The second kappa shape index (κ2) is 7.15. The average molecular weight is 364 g/mol. The quantitative estimate of drug-likeness (QED) is 0.756. The lowest BCUT2D eigenvalue weighted by atomic mass is 10.1. The Labute approximate surface area is 155 Å². The van der Waals surface area contributed by atoms with E-state index in [4.69, 9.17) is 4.74 Å². The van der Waals surface area contributed by atoms with Gasteiger partial charge in [-0.05, 0) is 30.3 Å². The van der Waals surface area contributed by atoms with E-state index in [1.807, 2.05) is 53.4 Å². The van der Waals surface area contributed by atoms with Gasteiger partial charge in [0.15, 0.2) is 5.82 Å². The molecule has 0 saturated carbocycles. The Bertz CT molecular complexity index is 949. The van der Waals surface area contributed by atoms with E-state index >= 15 is 0 Å².